The third-order valence-electron chi connectivity index (χ3n) is 10.2. The van der Waals surface area contributed by atoms with Crippen LogP contribution in [-0.4, -0.2) is 38.3 Å². The maximum Gasteiger partial charge on any atom is 0.494 e. The summed E-state index contributed by atoms with van der Waals surface area (Å²) in [6, 6.07) is 14.1. The lowest BCUT2D eigenvalue weighted by atomic mass is 9.76. The quantitative estimate of drug-likeness (QED) is 0.140. The Morgan fingerprint density at radius 1 is 0.529 bits per heavy atom. The molecule has 0 bridgehead atoms. The first kappa shape index (κ1) is 32.9. The number of nitrogens with zero attached hydrogens (tertiary/aromatic N) is 4. The number of hydrogen-bond acceptors (Lipinski definition) is 10. The van der Waals surface area contributed by atoms with Crippen LogP contribution in [0.15, 0.2) is 85.7 Å². The third-order valence-corrected chi connectivity index (χ3v) is 10.2. The molecule has 1 aliphatic rings. The van der Waals surface area contributed by atoms with E-state index in [-0.39, 0.29) is 11.4 Å². The highest BCUT2D eigenvalue weighted by atomic mass is 16.7. The number of fused-ring (bicyclic) bond motifs is 6. The molecule has 51 heavy (non-hydrogen) atoms. The van der Waals surface area contributed by atoms with Gasteiger partial charge in [-0.15, -0.1) is 0 Å². The van der Waals surface area contributed by atoms with Crippen LogP contribution < -0.4 is 16.7 Å². The Morgan fingerprint density at radius 2 is 0.961 bits per heavy atom. The van der Waals surface area contributed by atoms with Gasteiger partial charge >= 0.3 is 18.4 Å². The first-order valence-electron chi connectivity index (χ1n) is 17.2. The molecule has 0 spiro atoms. The van der Waals surface area contributed by atoms with E-state index in [1.807, 2.05) is 78.2 Å². The van der Waals surface area contributed by atoms with Gasteiger partial charge in [0.2, 0.25) is 11.4 Å². The molecule has 0 amide bonds. The van der Waals surface area contributed by atoms with Crippen molar-refractivity contribution in [2.24, 2.45) is 0 Å². The highest BCUT2D eigenvalue weighted by molar-refractivity contribution is 6.62. The minimum atomic E-state index is -0.525. The van der Waals surface area contributed by atoms with E-state index in [4.69, 9.17) is 18.1 Å². The largest absolute Gasteiger partial charge is 0.494 e. The molecule has 8 rings (SSSR count). The van der Waals surface area contributed by atoms with E-state index in [9.17, 15) is 9.59 Å². The van der Waals surface area contributed by atoms with Gasteiger partial charge < -0.3 is 18.1 Å². The topological polar surface area (TPSA) is 130 Å². The van der Waals surface area contributed by atoms with Crippen LogP contribution in [0.25, 0.3) is 44.0 Å². The first-order chi connectivity index (χ1) is 24.3. The van der Waals surface area contributed by atoms with Crippen molar-refractivity contribution in [2.45, 2.75) is 78.4 Å². The van der Waals surface area contributed by atoms with Gasteiger partial charge in [0.25, 0.3) is 0 Å². The van der Waals surface area contributed by atoms with Crippen molar-refractivity contribution in [3.05, 3.63) is 121 Å². The van der Waals surface area contributed by atoms with Crippen molar-refractivity contribution in [1.82, 2.24) is 19.9 Å². The van der Waals surface area contributed by atoms with Crippen LogP contribution in [0.2, 0.25) is 0 Å². The standard InChI is InChI=1S/C40H37BN4O6/c1-22-11-29-33-31(37(46)48-35(29)44-18-22)16-26(20-42-33)9-7-24-13-25(15-28(14-24)41-50-39(3,4)40(5,6)51-41)8-10-27-17-32-34(43-21-27)30-12-23(2)19-45-36(30)49-38(32)47/h11-21H,7-10H2,1-6H3. The maximum atomic E-state index is 12.9. The van der Waals surface area contributed by atoms with Crippen LogP contribution in [0.4, 0.5) is 0 Å². The lowest BCUT2D eigenvalue weighted by Crippen LogP contribution is -2.41. The lowest BCUT2D eigenvalue weighted by Gasteiger charge is -2.32. The Hall–Kier alpha value is -5.26. The Bertz CT molecular complexity index is 2470. The molecule has 0 unspecified atom stereocenters. The smallest absolute Gasteiger partial charge is 0.403 e. The summed E-state index contributed by atoms with van der Waals surface area (Å²) in [7, 11) is -0.525. The molecule has 7 aromatic rings. The van der Waals surface area contributed by atoms with Gasteiger partial charge in [-0.1, -0.05) is 18.2 Å². The summed E-state index contributed by atoms with van der Waals surface area (Å²) in [4.78, 5) is 43.7. The number of benzene rings is 1. The number of aromatic nitrogens is 4. The molecule has 0 atom stereocenters. The Labute approximate surface area is 294 Å². The number of aryl methyl sites for hydroxylation is 6. The molecular formula is C40H37BN4O6. The minimum absolute atomic E-state index is 0.286. The van der Waals surface area contributed by atoms with Crippen LogP contribution in [-0.2, 0) is 35.0 Å². The van der Waals surface area contributed by atoms with E-state index in [1.54, 1.807) is 12.4 Å². The van der Waals surface area contributed by atoms with E-state index < -0.39 is 29.6 Å². The van der Waals surface area contributed by atoms with Gasteiger partial charge in [-0.05, 0) is 130 Å². The zero-order valence-electron chi connectivity index (χ0n) is 29.5. The molecule has 1 saturated heterocycles. The van der Waals surface area contributed by atoms with Crippen molar-refractivity contribution in [2.75, 3.05) is 0 Å². The molecule has 256 valence electrons. The van der Waals surface area contributed by atoms with Crippen molar-refractivity contribution >= 4 is 56.6 Å². The lowest BCUT2D eigenvalue weighted by molar-refractivity contribution is 0.00578. The van der Waals surface area contributed by atoms with Crippen molar-refractivity contribution in [3.8, 4) is 0 Å². The monoisotopic (exact) mass is 680 g/mol. The van der Waals surface area contributed by atoms with Crippen LogP contribution in [0.1, 0.15) is 61.1 Å². The van der Waals surface area contributed by atoms with Gasteiger partial charge in [0, 0.05) is 24.8 Å². The summed E-state index contributed by atoms with van der Waals surface area (Å²) >= 11 is 0. The van der Waals surface area contributed by atoms with Crippen molar-refractivity contribution < 1.29 is 18.1 Å². The predicted octanol–water partition coefficient (Wildman–Crippen LogP) is 6.27. The molecule has 0 saturated carbocycles. The highest BCUT2D eigenvalue weighted by Gasteiger charge is 2.51. The molecule has 1 fully saturated rings. The Balaban J connectivity index is 1.09. The Kier molecular flexibility index (Phi) is 7.88. The summed E-state index contributed by atoms with van der Waals surface area (Å²) in [6.07, 6.45) is 9.72. The zero-order valence-corrected chi connectivity index (χ0v) is 29.5. The summed E-state index contributed by atoms with van der Waals surface area (Å²) < 4.78 is 24.0. The van der Waals surface area contributed by atoms with E-state index in [1.165, 1.54) is 0 Å². The van der Waals surface area contributed by atoms with Crippen molar-refractivity contribution in [1.29, 1.82) is 0 Å². The average molecular weight is 681 g/mol. The van der Waals surface area contributed by atoms with Gasteiger partial charge in [0.1, 0.15) is 0 Å². The van der Waals surface area contributed by atoms with Gasteiger partial charge in [-0.25, -0.2) is 19.6 Å². The van der Waals surface area contributed by atoms with Gasteiger partial charge in [0.05, 0.1) is 43.8 Å². The molecule has 0 N–H and O–H groups in total. The summed E-state index contributed by atoms with van der Waals surface area (Å²) in [5.41, 5.74) is 6.82. The number of pyridine rings is 4. The van der Waals surface area contributed by atoms with Crippen molar-refractivity contribution in [3.63, 3.8) is 0 Å². The van der Waals surface area contributed by atoms with E-state index in [0.29, 0.717) is 47.5 Å². The predicted molar refractivity (Wildman–Crippen MR) is 198 cm³/mol. The van der Waals surface area contributed by atoms with E-state index >= 15 is 0 Å². The molecule has 0 aliphatic carbocycles. The van der Waals surface area contributed by atoms with E-state index in [2.05, 4.69) is 38.1 Å². The molecule has 1 aliphatic heterocycles. The van der Waals surface area contributed by atoms with Crippen LogP contribution >= 0.6 is 0 Å². The second-order valence-corrected chi connectivity index (χ2v) is 14.7. The molecular weight excluding hydrogens is 643 g/mol. The zero-order chi connectivity index (χ0) is 35.7. The summed E-state index contributed by atoms with van der Waals surface area (Å²) in [5.74, 6) is 0. The second kappa shape index (κ2) is 12.2. The maximum absolute atomic E-state index is 12.9. The van der Waals surface area contributed by atoms with Crippen LogP contribution in [0, 0.1) is 13.8 Å². The normalized spacial score (nSPS) is 15.5. The average Bonchev–Trinajstić information content (AvgIpc) is 3.33. The van der Waals surface area contributed by atoms with Crippen LogP contribution in [0.5, 0.6) is 0 Å². The first-order valence-corrected chi connectivity index (χ1v) is 17.2. The van der Waals surface area contributed by atoms with Gasteiger partial charge in [-0.2, -0.15) is 0 Å². The second-order valence-electron chi connectivity index (χ2n) is 14.7. The molecule has 1 aromatic carbocycles. The summed E-state index contributed by atoms with van der Waals surface area (Å²) in [5, 5.41) is 2.32. The fourth-order valence-corrected chi connectivity index (χ4v) is 6.70. The molecule has 7 heterocycles. The molecule has 0 radical (unpaired) electrons. The molecule has 6 aromatic heterocycles. The third kappa shape index (κ3) is 6.10. The fraction of sp³-hybridized carbons (Fsp3) is 0.300. The van der Waals surface area contributed by atoms with Crippen LogP contribution in [0.3, 0.4) is 0 Å². The fourth-order valence-electron chi connectivity index (χ4n) is 6.70. The SMILES string of the molecule is Cc1cnc2oc(=O)c3cc(CCc4cc(CCc5cnc6c(c5)c(=O)oc5ncc(C)cc56)cc(B5OC(C)(C)C(C)(C)O5)c4)cnc3c2c1. The molecule has 10 nitrogen and oxygen atoms in total. The van der Waals surface area contributed by atoms with Gasteiger partial charge in [-0.3, -0.25) is 9.97 Å². The highest BCUT2D eigenvalue weighted by Crippen LogP contribution is 2.36. The Morgan fingerprint density at radius 3 is 1.41 bits per heavy atom. The molecule has 11 heteroatoms. The number of hydrogen-bond donors (Lipinski definition) is 0. The van der Waals surface area contributed by atoms with E-state index in [0.717, 1.165) is 49.6 Å². The van der Waals surface area contributed by atoms with Gasteiger partial charge in [0.15, 0.2) is 0 Å². The minimum Gasteiger partial charge on any atom is -0.403 e. The summed E-state index contributed by atoms with van der Waals surface area (Å²) in [6.45, 7) is 12.1. The number of rotatable bonds is 7.